The van der Waals surface area contributed by atoms with Gasteiger partial charge in [0.2, 0.25) is 0 Å². The molecule has 0 atom stereocenters. The number of anilines is 1. The molecule has 1 aromatic rings. The second-order valence-electron chi connectivity index (χ2n) is 7.31. The Bertz CT molecular complexity index is 494. The molecule has 2 rings (SSSR count). The van der Waals surface area contributed by atoms with E-state index in [2.05, 4.69) is 31.1 Å². The molecule has 4 nitrogen and oxygen atoms in total. The van der Waals surface area contributed by atoms with Gasteiger partial charge in [-0.3, -0.25) is 4.98 Å². The average molecular weight is 320 g/mol. The van der Waals surface area contributed by atoms with Crippen molar-refractivity contribution in [2.24, 2.45) is 11.3 Å². The van der Waals surface area contributed by atoms with Crippen molar-refractivity contribution in [2.75, 3.05) is 19.5 Å². The molecular formula is C19H32N2O2. The van der Waals surface area contributed by atoms with Gasteiger partial charge in [-0.1, -0.05) is 27.2 Å². The monoisotopic (exact) mass is 320 g/mol. The van der Waals surface area contributed by atoms with Crippen molar-refractivity contribution in [3.63, 3.8) is 0 Å². The number of hydrogen-bond acceptors (Lipinski definition) is 4. The third-order valence-corrected chi connectivity index (χ3v) is 5.57. The summed E-state index contributed by atoms with van der Waals surface area (Å²) in [6, 6.07) is 2.52. The fraction of sp³-hybridized carbons (Fsp3) is 0.737. The Morgan fingerprint density at radius 3 is 2.48 bits per heavy atom. The second-order valence-corrected chi connectivity index (χ2v) is 7.31. The molecule has 1 heterocycles. The van der Waals surface area contributed by atoms with Crippen LogP contribution in [-0.4, -0.2) is 25.2 Å². The van der Waals surface area contributed by atoms with Gasteiger partial charge >= 0.3 is 0 Å². The Labute approximate surface area is 141 Å². The molecule has 0 saturated heterocycles. The van der Waals surface area contributed by atoms with Crippen molar-refractivity contribution in [3.05, 3.63) is 18.0 Å². The summed E-state index contributed by atoms with van der Waals surface area (Å²) in [4.78, 5) is 4.36. The van der Waals surface area contributed by atoms with Gasteiger partial charge in [0, 0.05) is 19.3 Å². The molecule has 1 fully saturated rings. The third-order valence-electron chi connectivity index (χ3n) is 5.57. The number of ether oxygens (including phenoxy) is 2. The molecule has 0 unspecified atom stereocenters. The molecule has 4 heteroatoms. The Kier molecular flexibility index (Phi) is 6.28. The van der Waals surface area contributed by atoms with E-state index in [1.54, 1.807) is 14.2 Å². The number of rotatable bonds is 7. The van der Waals surface area contributed by atoms with Gasteiger partial charge in [-0.2, -0.15) is 0 Å². The first-order valence-corrected chi connectivity index (χ1v) is 8.79. The number of nitrogens with zero attached hydrogens (tertiary/aromatic N) is 1. The molecule has 1 aliphatic carbocycles. The maximum absolute atomic E-state index is 5.56. The zero-order chi connectivity index (χ0) is 16.9. The van der Waals surface area contributed by atoms with Crippen molar-refractivity contribution in [1.82, 2.24) is 4.98 Å². The number of pyridine rings is 1. The van der Waals surface area contributed by atoms with Gasteiger partial charge < -0.3 is 14.8 Å². The molecule has 0 aromatic carbocycles. The highest BCUT2D eigenvalue weighted by Crippen LogP contribution is 2.41. The molecule has 0 radical (unpaired) electrons. The fourth-order valence-corrected chi connectivity index (χ4v) is 3.60. The number of hydrogen-bond donors (Lipinski definition) is 1. The summed E-state index contributed by atoms with van der Waals surface area (Å²) in [5, 5.41) is 3.67. The molecule has 1 saturated carbocycles. The number of methoxy groups -OCH3 is 2. The van der Waals surface area contributed by atoms with Crippen LogP contribution in [0.4, 0.5) is 5.69 Å². The SMILES string of the molecule is CCC(C)(C)[C@H]1CC[C@@H](Nc2ccnc(COC)c2OC)CC1. The summed E-state index contributed by atoms with van der Waals surface area (Å²) in [5.41, 5.74) is 2.35. The van der Waals surface area contributed by atoms with Gasteiger partial charge in [-0.15, -0.1) is 0 Å². The molecule has 1 aromatic heterocycles. The van der Waals surface area contributed by atoms with E-state index in [-0.39, 0.29) is 0 Å². The summed E-state index contributed by atoms with van der Waals surface area (Å²) in [5.74, 6) is 1.65. The van der Waals surface area contributed by atoms with Crippen molar-refractivity contribution < 1.29 is 9.47 Å². The molecule has 130 valence electrons. The van der Waals surface area contributed by atoms with E-state index in [1.165, 1.54) is 32.1 Å². The Morgan fingerprint density at radius 1 is 1.22 bits per heavy atom. The van der Waals surface area contributed by atoms with E-state index in [0.717, 1.165) is 23.0 Å². The fourth-order valence-electron chi connectivity index (χ4n) is 3.60. The lowest BCUT2D eigenvalue weighted by Gasteiger charge is -2.39. The van der Waals surface area contributed by atoms with Crippen LogP contribution in [0.3, 0.4) is 0 Å². The molecule has 1 aliphatic rings. The van der Waals surface area contributed by atoms with Gasteiger partial charge in [-0.25, -0.2) is 0 Å². The van der Waals surface area contributed by atoms with Gasteiger partial charge in [0.15, 0.2) is 5.75 Å². The normalized spacial score (nSPS) is 22.0. The molecule has 23 heavy (non-hydrogen) atoms. The van der Waals surface area contributed by atoms with Crippen LogP contribution in [0.1, 0.15) is 58.6 Å². The number of aromatic nitrogens is 1. The lowest BCUT2D eigenvalue weighted by molar-refractivity contribution is 0.147. The standard InChI is InChI=1S/C19H32N2O2/c1-6-19(2,3)14-7-9-15(10-8-14)21-16-11-12-20-17(13-22-4)18(16)23-5/h11-12,14-15H,6-10,13H2,1-5H3,(H,20,21)/t14-,15+. The van der Waals surface area contributed by atoms with Crippen LogP contribution in [0, 0.1) is 11.3 Å². The highest BCUT2D eigenvalue weighted by molar-refractivity contribution is 5.58. The zero-order valence-corrected chi connectivity index (χ0v) is 15.3. The van der Waals surface area contributed by atoms with Gasteiger partial charge in [-0.05, 0) is 43.1 Å². The van der Waals surface area contributed by atoms with Gasteiger partial charge in [0.25, 0.3) is 0 Å². The molecule has 0 amide bonds. The van der Waals surface area contributed by atoms with Crippen LogP contribution < -0.4 is 10.1 Å². The van der Waals surface area contributed by atoms with Crippen molar-refractivity contribution >= 4 is 5.69 Å². The van der Waals surface area contributed by atoms with Crippen LogP contribution in [0.15, 0.2) is 12.3 Å². The average Bonchev–Trinajstić information content (AvgIpc) is 2.56. The summed E-state index contributed by atoms with van der Waals surface area (Å²) in [6.45, 7) is 7.60. The summed E-state index contributed by atoms with van der Waals surface area (Å²) >= 11 is 0. The maximum atomic E-state index is 5.56. The summed E-state index contributed by atoms with van der Waals surface area (Å²) in [6.07, 6.45) is 8.13. The first-order valence-electron chi connectivity index (χ1n) is 8.79. The lowest BCUT2D eigenvalue weighted by atomic mass is 9.69. The summed E-state index contributed by atoms with van der Waals surface area (Å²) < 4.78 is 10.8. The van der Waals surface area contributed by atoms with E-state index < -0.39 is 0 Å². The minimum absolute atomic E-state index is 0.463. The lowest BCUT2D eigenvalue weighted by Crippen LogP contribution is -2.32. The topological polar surface area (TPSA) is 43.4 Å². The maximum Gasteiger partial charge on any atom is 0.165 e. The first-order chi connectivity index (χ1) is 11.0. The minimum Gasteiger partial charge on any atom is -0.493 e. The predicted octanol–water partition coefficient (Wildman–Crippen LogP) is 4.64. The predicted molar refractivity (Wildman–Crippen MR) is 94.9 cm³/mol. The molecule has 1 N–H and O–H groups in total. The van der Waals surface area contributed by atoms with Crippen LogP contribution in [-0.2, 0) is 11.3 Å². The first kappa shape index (κ1) is 18.1. The van der Waals surface area contributed by atoms with Crippen molar-refractivity contribution in [3.8, 4) is 5.75 Å². The van der Waals surface area contributed by atoms with E-state index in [4.69, 9.17) is 9.47 Å². The smallest absolute Gasteiger partial charge is 0.165 e. The Morgan fingerprint density at radius 2 is 1.91 bits per heavy atom. The number of nitrogens with one attached hydrogen (secondary N) is 1. The zero-order valence-electron chi connectivity index (χ0n) is 15.3. The highest BCUT2D eigenvalue weighted by Gasteiger charge is 2.32. The quantitative estimate of drug-likeness (QED) is 0.794. The molecule has 0 aliphatic heterocycles. The van der Waals surface area contributed by atoms with E-state index in [1.807, 2.05) is 12.3 Å². The molecule has 0 spiro atoms. The third kappa shape index (κ3) is 4.37. The van der Waals surface area contributed by atoms with E-state index in [9.17, 15) is 0 Å². The minimum atomic E-state index is 0.463. The van der Waals surface area contributed by atoms with Crippen LogP contribution >= 0.6 is 0 Å². The molecule has 0 bridgehead atoms. The van der Waals surface area contributed by atoms with Crippen LogP contribution in [0.25, 0.3) is 0 Å². The van der Waals surface area contributed by atoms with Gasteiger partial charge in [0.1, 0.15) is 5.69 Å². The van der Waals surface area contributed by atoms with Crippen LogP contribution in [0.2, 0.25) is 0 Å². The molecular weight excluding hydrogens is 288 g/mol. The van der Waals surface area contributed by atoms with Crippen molar-refractivity contribution in [1.29, 1.82) is 0 Å². The van der Waals surface area contributed by atoms with Crippen LogP contribution in [0.5, 0.6) is 5.75 Å². The van der Waals surface area contributed by atoms with E-state index >= 15 is 0 Å². The highest BCUT2D eigenvalue weighted by atomic mass is 16.5. The van der Waals surface area contributed by atoms with E-state index in [0.29, 0.717) is 18.1 Å². The van der Waals surface area contributed by atoms with Gasteiger partial charge in [0.05, 0.1) is 19.4 Å². The second kappa shape index (κ2) is 8.00. The Balaban J connectivity index is 2.00. The largest absolute Gasteiger partial charge is 0.493 e. The summed E-state index contributed by atoms with van der Waals surface area (Å²) in [7, 11) is 3.38. The Hall–Kier alpha value is -1.29. The van der Waals surface area contributed by atoms with Crippen molar-refractivity contribution in [2.45, 2.75) is 65.5 Å².